The molecule has 2 fully saturated rings. The van der Waals surface area contributed by atoms with E-state index in [1.54, 1.807) is 0 Å². The van der Waals surface area contributed by atoms with Gasteiger partial charge in [-0.2, -0.15) is 4.31 Å². The number of hydrogen-bond donors (Lipinski definition) is 1. The first-order chi connectivity index (χ1) is 14.3. The van der Waals surface area contributed by atoms with E-state index in [9.17, 15) is 28.4 Å². The molecule has 0 spiro atoms. The largest absolute Gasteiger partial charge is 0.469 e. The number of esters is 1. The normalized spacial score (nSPS) is 27.7. The molecule has 0 unspecified atom stereocenters. The number of carbonyl (C=O) groups excluding carboxylic acids is 1. The second-order valence-corrected chi connectivity index (χ2v) is 9.02. The summed E-state index contributed by atoms with van der Waals surface area (Å²) in [4.78, 5) is 21.8. The van der Waals surface area contributed by atoms with Crippen molar-refractivity contribution in [2.75, 3.05) is 26.9 Å². The van der Waals surface area contributed by atoms with Crippen LogP contribution in [0.3, 0.4) is 0 Å². The second-order valence-electron chi connectivity index (χ2n) is 7.16. The molecule has 0 aromatic heterocycles. The molecule has 2 aliphatic rings. The molecule has 2 aliphatic heterocycles. The number of aliphatic hydroxyl groups excluding tert-OH is 1. The number of hydrogen-bond acceptors (Lipinski definition) is 9. The van der Waals surface area contributed by atoms with Gasteiger partial charge in [0.2, 0.25) is 10.0 Å². The number of nitro groups is 1. The van der Waals surface area contributed by atoms with Gasteiger partial charge in [0.05, 0.1) is 56.0 Å². The van der Waals surface area contributed by atoms with Crippen LogP contribution in [-0.4, -0.2) is 79.9 Å². The Balaban J connectivity index is 1.94. The van der Waals surface area contributed by atoms with Crippen molar-refractivity contribution in [1.29, 1.82) is 0 Å². The highest BCUT2D eigenvalue weighted by Crippen LogP contribution is 2.34. The van der Waals surface area contributed by atoms with Crippen molar-refractivity contribution in [3.05, 3.63) is 34.4 Å². The maximum absolute atomic E-state index is 13.4. The molecule has 1 aromatic carbocycles. The van der Waals surface area contributed by atoms with Gasteiger partial charge in [0.25, 0.3) is 5.69 Å². The van der Waals surface area contributed by atoms with Crippen LogP contribution in [0.25, 0.3) is 0 Å². The monoisotopic (exact) mass is 444 g/mol. The molecule has 166 valence electrons. The lowest BCUT2D eigenvalue weighted by Crippen LogP contribution is -2.52. The SMILES string of the molecule is COC(=O)C[C@@H]1CC[C@H]2[C@@H](CO[C@H](CO)CN2S(=O)(=O)c2ccccc2[N+](=O)[O-])O1. The summed E-state index contributed by atoms with van der Waals surface area (Å²) in [6, 6.07) is 4.47. The fourth-order valence-corrected chi connectivity index (χ4v) is 5.68. The molecule has 30 heavy (non-hydrogen) atoms. The zero-order valence-electron chi connectivity index (χ0n) is 16.4. The summed E-state index contributed by atoms with van der Waals surface area (Å²) in [5, 5.41) is 21.0. The number of methoxy groups -OCH3 is 1. The van der Waals surface area contributed by atoms with E-state index in [0.29, 0.717) is 12.8 Å². The van der Waals surface area contributed by atoms with Crippen LogP contribution in [0.5, 0.6) is 0 Å². The van der Waals surface area contributed by atoms with E-state index < -0.39 is 62.5 Å². The molecule has 1 N–H and O–H groups in total. The summed E-state index contributed by atoms with van der Waals surface area (Å²) >= 11 is 0. The van der Waals surface area contributed by atoms with Crippen LogP contribution >= 0.6 is 0 Å². The standard InChI is InChI=1S/C18H24N2O9S/c1-27-18(22)8-12-6-7-14-16(29-12)11-28-13(10-21)9-19(14)30(25,26)17-5-3-2-4-15(17)20(23)24/h2-5,12-14,16,21H,6-11H2,1H3/t12-,13-,14-,16+/m0/s1. The Bertz CT molecular complexity index is 891. The Morgan fingerprint density at radius 3 is 2.73 bits per heavy atom. The molecule has 0 saturated carbocycles. The van der Waals surface area contributed by atoms with Crippen molar-refractivity contribution in [3.8, 4) is 0 Å². The first-order valence-corrected chi connectivity index (χ1v) is 10.9. The Morgan fingerprint density at radius 1 is 1.33 bits per heavy atom. The summed E-state index contributed by atoms with van der Waals surface area (Å²) in [5.74, 6) is -0.439. The predicted octanol–water partition coefficient (Wildman–Crippen LogP) is 0.456. The summed E-state index contributed by atoms with van der Waals surface area (Å²) in [6.07, 6.45) is -1.15. The van der Waals surface area contributed by atoms with E-state index in [1.807, 2.05) is 0 Å². The van der Waals surface area contributed by atoms with Crippen LogP contribution in [0.4, 0.5) is 5.69 Å². The molecule has 11 nitrogen and oxygen atoms in total. The number of ether oxygens (including phenoxy) is 3. The van der Waals surface area contributed by atoms with Crippen molar-refractivity contribution in [2.45, 2.75) is 48.5 Å². The topological polar surface area (TPSA) is 146 Å². The van der Waals surface area contributed by atoms with Crippen LogP contribution < -0.4 is 0 Å². The molecule has 0 amide bonds. The van der Waals surface area contributed by atoms with Gasteiger partial charge < -0.3 is 19.3 Å². The van der Waals surface area contributed by atoms with E-state index in [4.69, 9.17) is 9.47 Å². The first-order valence-electron chi connectivity index (χ1n) is 9.48. The molecule has 4 atom stereocenters. The van der Waals surface area contributed by atoms with Gasteiger partial charge in [-0.25, -0.2) is 8.42 Å². The van der Waals surface area contributed by atoms with Crippen LogP contribution in [0.2, 0.25) is 0 Å². The minimum Gasteiger partial charge on any atom is -0.469 e. The highest BCUT2D eigenvalue weighted by atomic mass is 32.2. The third-order valence-electron chi connectivity index (χ3n) is 5.30. The Kier molecular flexibility index (Phi) is 7.03. The highest BCUT2D eigenvalue weighted by Gasteiger charge is 2.45. The maximum Gasteiger partial charge on any atom is 0.308 e. The Morgan fingerprint density at radius 2 is 2.07 bits per heavy atom. The van der Waals surface area contributed by atoms with Crippen molar-refractivity contribution in [2.24, 2.45) is 0 Å². The zero-order valence-corrected chi connectivity index (χ0v) is 17.2. The van der Waals surface area contributed by atoms with Crippen molar-refractivity contribution >= 4 is 21.7 Å². The fraction of sp³-hybridized carbons (Fsp3) is 0.611. The number of fused-ring (bicyclic) bond motifs is 1. The van der Waals surface area contributed by atoms with Crippen molar-refractivity contribution in [3.63, 3.8) is 0 Å². The molecule has 0 radical (unpaired) electrons. The predicted molar refractivity (Wildman–Crippen MR) is 102 cm³/mol. The molecular weight excluding hydrogens is 420 g/mol. The number of benzene rings is 1. The lowest BCUT2D eigenvalue weighted by Gasteiger charge is -2.39. The minimum absolute atomic E-state index is 0.0243. The van der Waals surface area contributed by atoms with E-state index in [0.717, 1.165) is 10.4 Å². The molecule has 2 saturated heterocycles. The number of rotatable bonds is 6. The van der Waals surface area contributed by atoms with E-state index in [-0.39, 0.29) is 19.6 Å². The lowest BCUT2D eigenvalue weighted by molar-refractivity contribution is -0.387. The van der Waals surface area contributed by atoms with Crippen molar-refractivity contribution in [1.82, 2.24) is 4.31 Å². The van der Waals surface area contributed by atoms with Gasteiger partial charge in [-0.05, 0) is 18.9 Å². The average Bonchev–Trinajstić information content (AvgIpc) is 2.93. The average molecular weight is 444 g/mol. The minimum atomic E-state index is -4.29. The fourth-order valence-electron chi connectivity index (χ4n) is 3.81. The summed E-state index contributed by atoms with van der Waals surface area (Å²) in [7, 11) is -3.02. The first kappa shape index (κ1) is 22.6. The molecule has 3 rings (SSSR count). The lowest BCUT2D eigenvalue weighted by atomic mass is 9.97. The Hall–Kier alpha value is -2.12. The van der Waals surface area contributed by atoms with Gasteiger partial charge in [0.15, 0.2) is 4.90 Å². The number of carbonyl (C=O) groups is 1. The van der Waals surface area contributed by atoms with Gasteiger partial charge in [0.1, 0.15) is 0 Å². The van der Waals surface area contributed by atoms with Gasteiger partial charge in [-0.15, -0.1) is 0 Å². The van der Waals surface area contributed by atoms with Crippen molar-refractivity contribution < 1.29 is 37.5 Å². The number of sulfonamides is 1. The third kappa shape index (κ3) is 4.62. The molecule has 1 aromatic rings. The maximum atomic E-state index is 13.4. The van der Waals surface area contributed by atoms with Gasteiger partial charge >= 0.3 is 5.97 Å². The second kappa shape index (κ2) is 9.35. The van der Waals surface area contributed by atoms with Crippen LogP contribution in [0.15, 0.2) is 29.2 Å². The van der Waals surface area contributed by atoms with E-state index in [2.05, 4.69) is 4.74 Å². The molecule has 2 heterocycles. The molecule has 0 aliphatic carbocycles. The third-order valence-corrected chi connectivity index (χ3v) is 7.24. The summed E-state index contributed by atoms with van der Waals surface area (Å²) in [6.45, 7) is -0.568. The molecular formula is C18H24N2O9S. The summed E-state index contributed by atoms with van der Waals surface area (Å²) < 4.78 is 44.2. The van der Waals surface area contributed by atoms with Gasteiger partial charge in [0, 0.05) is 12.6 Å². The molecule has 12 heteroatoms. The van der Waals surface area contributed by atoms with E-state index in [1.165, 1.54) is 25.3 Å². The number of para-hydroxylation sites is 1. The van der Waals surface area contributed by atoms with Crippen LogP contribution in [0, 0.1) is 10.1 Å². The van der Waals surface area contributed by atoms with Crippen LogP contribution in [-0.2, 0) is 29.0 Å². The number of nitro benzene ring substituents is 1. The number of aliphatic hydroxyl groups is 1. The van der Waals surface area contributed by atoms with Crippen LogP contribution in [0.1, 0.15) is 19.3 Å². The van der Waals surface area contributed by atoms with Gasteiger partial charge in [-0.1, -0.05) is 12.1 Å². The summed E-state index contributed by atoms with van der Waals surface area (Å²) in [5.41, 5.74) is -0.528. The quantitative estimate of drug-likeness (QED) is 0.375. The van der Waals surface area contributed by atoms with Gasteiger partial charge in [-0.3, -0.25) is 14.9 Å². The molecule has 0 bridgehead atoms. The zero-order chi connectivity index (χ0) is 21.9. The highest BCUT2D eigenvalue weighted by molar-refractivity contribution is 7.89. The number of nitrogens with zero attached hydrogens (tertiary/aromatic N) is 2. The van der Waals surface area contributed by atoms with E-state index >= 15 is 0 Å². The smallest absolute Gasteiger partial charge is 0.308 e. The Labute approximate surface area is 173 Å².